The third kappa shape index (κ3) is 3.11. The molecule has 2 heterocycles. The molecule has 2 aromatic rings. The molecule has 0 atom stereocenters. The van der Waals surface area contributed by atoms with Gasteiger partial charge in [0.05, 0.1) is 11.4 Å². The van der Waals surface area contributed by atoms with Gasteiger partial charge < -0.3 is 0 Å². The van der Waals surface area contributed by atoms with Crippen molar-refractivity contribution in [1.82, 2.24) is 9.97 Å². The summed E-state index contributed by atoms with van der Waals surface area (Å²) in [5, 5.41) is 0.370. The van der Waals surface area contributed by atoms with Gasteiger partial charge in [-0.2, -0.15) is 0 Å². The van der Waals surface area contributed by atoms with Gasteiger partial charge in [-0.1, -0.05) is 11.6 Å². The number of hydrogen-bond donors (Lipinski definition) is 0. The smallest absolute Gasteiger partial charge is 0.188 e. The van der Waals surface area contributed by atoms with Crippen molar-refractivity contribution in [3.8, 4) is 0 Å². The van der Waals surface area contributed by atoms with Crippen molar-refractivity contribution in [1.29, 1.82) is 0 Å². The summed E-state index contributed by atoms with van der Waals surface area (Å²) in [5.74, 6) is -0.134. The van der Waals surface area contributed by atoms with E-state index in [1.807, 2.05) is 6.07 Å². The van der Waals surface area contributed by atoms with Crippen LogP contribution in [0.25, 0.3) is 0 Å². The van der Waals surface area contributed by atoms with E-state index >= 15 is 0 Å². The van der Waals surface area contributed by atoms with Crippen LogP contribution in [0.15, 0.2) is 41.1 Å². The number of ketones is 1. The molecule has 0 unspecified atom stereocenters. The summed E-state index contributed by atoms with van der Waals surface area (Å²) in [6, 6.07) is 6.97. The van der Waals surface area contributed by atoms with Crippen molar-refractivity contribution in [3.63, 3.8) is 0 Å². The Hall–Kier alpha value is -1.26. The van der Waals surface area contributed by atoms with Gasteiger partial charge >= 0.3 is 0 Å². The van der Waals surface area contributed by atoms with E-state index in [9.17, 15) is 4.79 Å². The molecular formula is C12H8BrClN2O. The molecule has 0 fully saturated rings. The van der Waals surface area contributed by atoms with Gasteiger partial charge in [0.2, 0.25) is 0 Å². The number of Topliss-reactive ketones (excluding diaryl/α,β-unsaturated/α-hetero) is 1. The second-order valence-electron chi connectivity index (χ2n) is 3.40. The van der Waals surface area contributed by atoms with Gasteiger partial charge in [0.1, 0.15) is 5.69 Å². The summed E-state index contributed by atoms with van der Waals surface area (Å²) in [7, 11) is 0. The zero-order valence-corrected chi connectivity index (χ0v) is 11.1. The highest BCUT2D eigenvalue weighted by Gasteiger charge is 2.12. The lowest BCUT2D eigenvalue weighted by molar-refractivity contribution is 0.0987. The van der Waals surface area contributed by atoms with Crippen LogP contribution in [-0.4, -0.2) is 15.8 Å². The Labute approximate surface area is 112 Å². The molecule has 0 bridgehead atoms. The summed E-state index contributed by atoms with van der Waals surface area (Å²) < 4.78 is 0.879. The van der Waals surface area contributed by atoms with Gasteiger partial charge in [0.15, 0.2) is 5.78 Å². The van der Waals surface area contributed by atoms with Gasteiger partial charge in [-0.15, -0.1) is 0 Å². The third-order valence-corrected chi connectivity index (χ3v) is 2.93. The van der Waals surface area contributed by atoms with E-state index in [0.717, 1.165) is 4.47 Å². The average Bonchev–Trinajstić information content (AvgIpc) is 2.32. The minimum Gasteiger partial charge on any atom is -0.292 e. The molecule has 0 amide bonds. The second kappa shape index (κ2) is 5.38. The molecule has 2 aromatic heterocycles. The number of halogens is 2. The molecule has 3 nitrogen and oxygen atoms in total. The number of carbonyl (C=O) groups excluding carboxylic acids is 1. The lowest BCUT2D eigenvalue weighted by Crippen LogP contribution is -2.07. The summed E-state index contributed by atoms with van der Waals surface area (Å²) in [6.45, 7) is 0. The number of hydrogen-bond acceptors (Lipinski definition) is 3. The number of aromatic nitrogens is 2. The van der Waals surface area contributed by atoms with Gasteiger partial charge in [-0.3, -0.25) is 14.8 Å². The fraction of sp³-hybridized carbons (Fsp3) is 0.0833. The van der Waals surface area contributed by atoms with E-state index in [4.69, 9.17) is 11.6 Å². The van der Waals surface area contributed by atoms with E-state index in [1.165, 1.54) is 0 Å². The van der Waals surface area contributed by atoms with Crippen LogP contribution in [0.1, 0.15) is 16.2 Å². The van der Waals surface area contributed by atoms with Crippen molar-refractivity contribution >= 4 is 33.3 Å². The molecule has 2 rings (SSSR count). The van der Waals surface area contributed by atoms with Crippen molar-refractivity contribution < 1.29 is 4.79 Å². The average molecular weight is 312 g/mol. The number of nitrogens with zero attached hydrogens (tertiary/aromatic N) is 2. The molecule has 0 aliphatic carbocycles. The van der Waals surface area contributed by atoms with Crippen molar-refractivity contribution in [2.45, 2.75) is 6.42 Å². The monoisotopic (exact) mass is 310 g/mol. The van der Waals surface area contributed by atoms with Crippen LogP contribution in [0.3, 0.4) is 0 Å². The molecule has 0 aromatic carbocycles. The molecule has 0 saturated heterocycles. The van der Waals surface area contributed by atoms with E-state index in [-0.39, 0.29) is 12.2 Å². The molecule has 5 heteroatoms. The van der Waals surface area contributed by atoms with Crippen LogP contribution >= 0.6 is 27.5 Å². The summed E-state index contributed by atoms with van der Waals surface area (Å²) in [5.41, 5.74) is 0.985. The van der Waals surface area contributed by atoms with Crippen LogP contribution in [0.4, 0.5) is 0 Å². The van der Waals surface area contributed by atoms with E-state index in [0.29, 0.717) is 16.4 Å². The normalized spacial score (nSPS) is 10.2. The van der Waals surface area contributed by atoms with E-state index in [2.05, 4.69) is 25.9 Å². The maximum atomic E-state index is 11.9. The largest absolute Gasteiger partial charge is 0.292 e. The topological polar surface area (TPSA) is 42.9 Å². The predicted molar refractivity (Wildman–Crippen MR) is 69.2 cm³/mol. The first-order valence-electron chi connectivity index (χ1n) is 4.91. The first-order valence-corrected chi connectivity index (χ1v) is 6.08. The highest BCUT2D eigenvalue weighted by atomic mass is 79.9. The highest BCUT2D eigenvalue weighted by Crippen LogP contribution is 2.15. The predicted octanol–water partition coefficient (Wildman–Crippen LogP) is 3.32. The van der Waals surface area contributed by atoms with E-state index < -0.39 is 0 Å². The third-order valence-electron chi connectivity index (χ3n) is 2.15. The maximum absolute atomic E-state index is 11.9. The van der Waals surface area contributed by atoms with E-state index in [1.54, 1.807) is 30.6 Å². The van der Waals surface area contributed by atoms with Crippen LogP contribution in [0.5, 0.6) is 0 Å². The first-order chi connectivity index (χ1) is 8.16. The Balaban J connectivity index is 2.17. The van der Waals surface area contributed by atoms with Crippen molar-refractivity contribution in [2.24, 2.45) is 0 Å². The number of rotatable bonds is 3. The quantitative estimate of drug-likeness (QED) is 0.817. The molecule has 17 heavy (non-hydrogen) atoms. The van der Waals surface area contributed by atoms with Crippen LogP contribution in [0, 0.1) is 0 Å². The zero-order valence-electron chi connectivity index (χ0n) is 8.73. The fourth-order valence-electron chi connectivity index (χ4n) is 1.35. The molecular weight excluding hydrogens is 304 g/mol. The number of pyridine rings is 2. The highest BCUT2D eigenvalue weighted by molar-refractivity contribution is 9.10. The minimum atomic E-state index is -0.134. The number of carbonyl (C=O) groups is 1. The summed E-state index contributed by atoms with van der Waals surface area (Å²) >= 11 is 9.19. The summed E-state index contributed by atoms with van der Waals surface area (Å²) in [4.78, 5) is 20.0. The molecule has 86 valence electrons. The van der Waals surface area contributed by atoms with Gasteiger partial charge in [-0.25, -0.2) is 0 Å². The zero-order chi connectivity index (χ0) is 12.3. The summed E-state index contributed by atoms with van der Waals surface area (Å²) in [6.07, 6.45) is 3.40. The Bertz CT molecular complexity index is 542. The second-order valence-corrected chi connectivity index (χ2v) is 4.72. The SMILES string of the molecule is O=C(Cc1ccc(Br)cn1)c1ncccc1Cl. The molecule has 0 spiro atoms. The van der Waals surface area contributed by atoms with Crippen LogP contribution in [0.2, 0.25) is 5.02 Å². The van der Waals surface area contributed by atoms with Gasteiger partial charge in [-0.05, 0) is 40.2 Å². The Morgan fingerprint density at radius 1 is 1.29 bits per heavy atom. The fourth-order valence-corrected chi connectivity index (χ4v) is 1.81. The Kier molecular flexibility index (Phi) is 3.86. The molecule has 0 aliphatic rings. The van der Waals surface area contributed by atoms with Gasteiger partial charge in [0.25, 0.3) is 0 Å². The van der Waals surface area contributed by atoms with Crippen molar-refractivity contribution in [3.05, 3.63) is 57.5 Å². The van der Waals surface area contributed by atoms with Gasteiger partial charge in [0, 0.05) is 22.6 Å². The van der Waals surface area contributed by atoms with Crippen LogP contribution < -0.4 is 0 Å². The minimum absolute atomic E-state index is 0.134. The standard InChI is InChI=1S/C12H8BrClN2O/c13-8-3-4-9(16-7-8)6-11(17)12-10(14)2-1-5-15-12/h1-5,7H,6H2. The maximum Gasteiger partial charge on any atom is 0.188 e. The van der Waals surface area contributed by atoms with Crippen molar-refractivity contribution in [2.75, 3.05) is 0 Å². The Morgan fingerprint density at radius 3 is 2.76 bits per heavy atom. The lowest BCUT2D eigenvalue weighted by atomic mass is 10.1. The Morgan fingerprint density at radius 2 is 2.12 bits per heavy atom. The molecule has 0 N–H and O–H groups in total. The molecule has 0 aliphatic heterocycles. The first kappa shape index (κ1) is 12.2. The lowest BCUT2D eigenvalue weighted by Gasteiger charge is -2.02. The molecule has 0 radical (unpaired) electrons. The van der Waals surface area contributed by atoms with Crippen LogP contribution in [-0.2, 0) is 6.42 Å². The molecule has 0 saturated carbocycles.